The summed E-state index contributed by atoms with van der Waals surface area (Å²) in [4.78, 5) is 14.1. The van der Waals surface area contributed by atoms with Crippen LogP contribution in [-0.4, -0.2) is 30.9 Å². The molecule has 0 aromatic heterocycles. The van der Waals surface area contributed by atoms with Crippen molar-refractivity contribution in [3.8, 4) is 0 Å². The van der Waals surface area contributed by atoms with E-state index in [9.17, 15) is 4.79 Å². The molecule has 0 spiro atoms. The minimum Gasteiger partial charge on any atom is -0.335 e. The van der Waals surface area contributed by atoms with Gasteiger partial charge in [0.2, 0.25) is 5.91 Å². The number of rotatable bonds is 3. The van der Waals surface area contributed by atoms with Gasteiger partial charge in [-0.2, -0.15) is 0 Å². The average Bonchev–Trinajstić information content (AvgIpc) is 2.81. The van der Waals surface area contributed by atoms with Gasteiger partial charge in [0.1, 0.15) is 0 Å². The van der Waals surface area contributed by atoms with E-state index in [2.05, 4.69) is 37.4 Å². The third-order valence-corrected chi connectivity index (χ3v) is 3.69. The predicted molar refractivity (Wildman–Crippen MR) is 73.5 cm³/mol. The molecule has 1 aromatic carbocycles. The minimum absolute atomic E-state index is 0.209. The molecule has 1 saturated heterocycles. The first kappa shape index (κ1) is 13.1. The quantitative estimate of drug-likeness (QED) is 0.886. The molecule has 0 aliphatic carbocycles. The van der Waals surface area contributed by atoms with Crippen molar-refractivity contribution in [2.75, 3.05) is 20.1 Å². The summed E-state index contributed by atoms with van der Waals surface area (Å²) in [7, 11) is 1.82. The number of likely N-dealkylation sites (N-methyl/N-ethyl adjacent to an activating group) is 1. The number of hydrogen-bond acceptors (Lipinski definition) is 2. The monoisotopic (exact) mass is 246 g/mol. The third-order valence-electron chi connectivity index (χ3n) is 3.69. The van der Waals surface area contributed by atoms with Crippen molar-refractivity contribution >= 4 is 5.91 Å². The van der Waals surface area contributed by atoms with E-state index in [0.29, 0.717) is 6.54 Å². The lowest BCUT2D eigenvalue weighted by atomic mass is 9.97. The van der Waals surface area contributed by atoms with Crippen LogP contribution in [0.3, 0.4) is 0 Å². The fourth-order valence-electron chi connectivity index (χ4n) is 2.76. The van der Waals surface area contributed by atoms with Gasteiger partial charge in [-0.05, 0) is 44.9 Å². The van der Waals surface area contributed by atoms with Crippen LogP contribution in [0.2, 0.25) is 0 Å². The van der Waals surface area contributed by atoms with Crippen molar-refractivity contribution in [1.82, 2.24) is 10.2 Å². The van der Waals surface area contributed by atoms with Gasteiger partial charge < -0.3 is 10.2 Å². The van der Waals surface area contributed by atoms with Gasteiger partial charge in [-0.25, -0.2) is 0 Å². The molecule has 1 aliphatic rings. The normalized spacial score (nSPS) is 19.3. The summed E-state index contributed by atoms with van der Waals surface area (Å²) < 4.78 is 0. The Labute approximate surface area is 109 Å². The molecule has 1 aliphatic heterocycles. The first-order chi connectivity index (χ1) is 8.63. The lowest BCUT2D eigenvalue weighted by Crippen LogP contribution is -2.36. The molecule has 1 aromatic rings. The van der Waals surface area contributed by atoms with Crippen LogP contribution in [0.4, 0.5) is 0 Å². The number of carbonyl (C=O) groups excluding carboxylic acids is 1. The molecule has 0 bridgehead atoms. The molecule has 1 heterocycles. The smallest absolute Gasteiger partial charge is 0.237 e. The second-order valence-corrected chi connectivity index (χ2v) is 5.14. The van der Waals surface area contributed by atoms with Crippen LogP contribution in [-0.2, 0) is 4.79 Å². The van der Waals surface area contributed by atoms with E-state index in [1.54, 1.807) is 0 Å². The molecule has 1 amide bonds. The van der Waals surface area contributed by atoms with Crippen molar-refractivity contribution in [1.29, 1.82) is 0 Å². The molecular formula is C15H22N2O. The summed E-state index contributed by atoms with van der Waals surface area (Å²) in [6.07, 6.45) is 2.19. The lowest BCUT2D eigenvalue weighted by molar-refractivity contribution is -0.131. The van der Waals surface area contributed by atoms with E-state index in [0.717, 1.165) is 19.4 Å². The summed E-state index contributed by atoms with van der Waals surface area (Å²) in [5.41, 5.74) is 3.87. The predicted octanol–water partition coefficient (Wildman–Crippen LogP) is 2.19. The molecule has 1 fully saturated rings. The Balaban J connectivity index is 2.25. The number of hydrogen-bond donors (Lipinski definition) is 1. The first-order valence-corrected chi connectivity index (χ1v) is 6.64. The molecule has 1 unspecified atom stereocenters. The largest absolute Gasteiger partial charge is 0.335 e. The second kappa shape index (κ2) is 5.53. The van der Waals surface area contributed by atoms with Crippen LogP contribution in [0, 0.1) is 13.8 Å². The highest BCUT2D eigenvalue weighted by atomic mass is 16.2. The summed E-state index contributed by atoms with van der Waals surface area (Å²) in [5, 5.41) is 2.95. The fourth-order valence-corrected chi connectivity index (χ4v) is 2.76. The Morgan fingerprint density at radius 2 is 2.22 bits per heavy atom. The van der Waals surface area contributed by atoms with Crippen LogP contribution >= 0.6 is 0 Å². The summed E-state index contributed by atoms with van der Waals surface area (Å²) in [6.45, 7) is 5.56. The number of likely N-dealkylation sites (tertiary alicyclic amines) is 1. The second-order valence-electron chi connectivity index (χ2n) is 5.14. The number of aryl methyl sites for hydroxylation is 2. The van der Waals surface area contributed by atoms with Gasteiger partial charge in [-0.3, -0.25) is 4.79 Å². The van der Waals surface area contributed by atoms with Gasteiger partial charge in [-0.15, -0.1) is 0 Å². The van der Waals surface area contributed by atoms with Crippen molar-refractivity contribution in [3.63, 3.8) is 0 Å². The molecule has 0 saturated carbocycles. The fraction of sp³-hybridized carbons (Fsp3) is 0.533. The van der Waals surface area contributed by atoms with Crippen LogP contribution in [0.15, 0.2) is 18.2 Å². The topological polar surface area (TPSA) is 32.3 Å². The van der Waals surface area contributed by atoms with Gasteiger partial charge in [-0.1, -0.05) is 23.8 Å². The molecule has 3 nitrogen and oxygen atoms in total. The van der Waals surface area contributed by atoms with Crippen molar-refractivity contribution in [2.24, 2.45) is 0 Å². The number of benzene rings is 1. The maximum absolute atomic E-state index is 12.1. The Morgan fingerprint density at radius 1 is 1.44 bits per heavy atom. The number of amides is 1. The Bertz CT molecular complexity index is 442. The van der Waals surface area contributed by atoms with E-state index in [4.69, 9.17) is 0 Å². The number of nitrogens with one attached hydrogen (secondary N) is 1. The molecule has 1 N–H and O–H groups in total. The molecular weight excluding hydrogens is 224 g/mol. The maximum Gasteiger partial charge on any atom is 0.237 e. The van der Waals surface area contributed by atoms with Crippen LogP contribution in [0.5, 0.6) is 0 Å². The number of nitrogens with zero attached hydrogens (tertiary/aromatic N) is 1. The molecule has 1 atom stereocenters. The van der Waals surface area contributed by atoms with E-state index in [-0.39, 0.29) is 11.9 Å². The Hall–Kier alpha value is -1.35. The zero-order chi connectivity index (χ0) is 13.1. The zero-order valence-electron chi connectivity index (χ0n) is 11.5. The highest BCUT2D eigenvalue weighted by Crippen LogP contribution is 2.34. The molecule has 2 rings (SSSR count). The minimum atomic E-state index is 0.209. The summed E-state index contributed by atoms with van der Waals surface area (Å²) in [5.74, 6) is 0.209. The SMILES string of the molecule is CNCC(=O)N1CCCC1c1cc(C)ccc1C. The number of carbonyl (C=O) groups is 1. The maximum atomic E-state index is 12.1. The van der Waals surface area contributed by atoms with E-state index >= 15 is 0 Å². The highest BCUT2D eigenvalue weighted by molar-refractivity contribution is 5.79. The molecule has 98 valence electrons. The van der Waals surface area contributed by atoms with Crippen molar-refractivity contribution < 1.29 is 4.79 Å². The van der Waals surface area contributed by atoms with Gasteiger partial charge in [0.05, 0.1) is 12.6 Å². The van der Waals surface area contributed by atoms with E-state index in [1.165, 1.54) is 16.7 Å². The zero-order valence-corrected chi connectivity index (χ0v) is 11.5. The first-order valence-electron chi connectivity index (χ1n) is 6.64. The molecule has 18 heavy (non-hydrogen) atoms. The van der Waals surface area contributed by atoms with Crippen molar-refractivity contribution in [2.45, 2.75) is 32.7 Å². The van der Waals surface area contributed by atoms with Gasteiger partial charge in [0, 0.05) is 6.54 Å². The Kier molecular flexibility index (Phi) is 4.02. The van der Waals surface area contributed by atoms with Gasteiger partial charge in [0.15, 0.2) is 0 Å². The molecule has 0 radical (unpaired) electrons. The average molecular weight is 246 g/mol. The third kappa shape index (κ3) is 2.56. The lowest BCUT2D eigenvalue weighted by Gasteiger charge is -2.26. The summed E-state index contributed by atoms with van der Waals surface area (Å²) >= 11 is 0. The van der Waals surface area contributed by atoms with Gasteiger partial charge in [0.25, 0.3) is 0 Å². The summed E-state index contributed by atoms with van der Waals surface area (Å²) in [6, 6.07) is 6.79. The van der Waals surface area contributed by atoms with Crippen molar-refractivity contribution in [3.05, 3.63) is 34.9 Å². The van der Waals surface area contributed by atoms with Crippen LogP contribution in [0.25, 0.3) is 0 Å². The van der Waals surface area contributed by atoms with Gasteiger partial charge >= 0.3 is 0 Å². The van der Waals surface area contributed by atoms with Crippen LogP contribution < -0.4 is 5.32 Å². The standard InChI is InChI=1S/C15H22N2O/c1-11-6-7-12(2)13(9-11)14-5-4-8-17(14)15(18)10-16-3/h6-7,9,14,16H,4-5,8,10H2,1-3H3. The highest BCUT2D eigenvalue weighted by Gasteiger charge is 2.30. The van der Waals surface area contributed by atoms with Crippen LogP contribution in [0.1, 0.15) is 35.6 Å². The van der Waals surface area contributed by atoms with E-state index < -0.39 is 0 Å². The Morgan fingerprint density at radius 3 is 2.94 bits per heavy atom. The van der Waals surface area contributed by atoms with E-state index in [1.807, 2.05) is 11.9 Å². The molecule has 3 heteroatoms.